The average molecular weight is 283 g/mol. The summed E-state index contributed by atoms with van der Waals surface area (Å²) in [6.45, 7) is 6.54. The molecule has 1 aromatic rings. The van der Waals surface area contributed by atoms with Gasteiger partial charge < -0.3 is 11.1 Å². The van der Waals surface area contributed by atoms with Crippen LogP contribution >= 0.6 is 11.5 Å². The molecule has 1 saturated heterocycles. The highest BCUT2D eigenvalue weighted by atomic mass is 32.1. The molecule has 2 heterocycles. The van der Waals surface area contributed by atoms with Crippen LogP contribution in [0, 0.1) is 5.92 Å². The highest BCUT2D eigenvalue weighted by Gasteiger charge is 2.29. The monoisotopic (exact) mass is 283 g/mol. The molecule has 1 aliphatic rings. The van der Waals surface area contributed by atoms with E-state index in [1.807, 2.05) is 0 Å². The molecule has 2 unspecified atom stereocenters. The van der Waals surface area contributed by atoms with Crippen LogP contribution in [-0.2, 0) is 11.3 Å². The van der Waals surface area contributed by atoms with Crippen molar-refractivity contribution in [2.75, 3.05) is 18.4 Å². The number of nitrogens with one attached hydrogen (secondary N) is 1. The van der Waals surface area contributed by atoms with E-state index < -0.39 is 0 Å². The maximum atomic E-state index is 11.3. The predicted molar refractivity (Wildman–Crippen MR) is 75.9 cm³/mol. The number of nitrogens with zero attached hydrogens (tertiary/aromatic N) is 3. The normalized spacial score (nSPS) is 24.3. The summed E-state index contributed by atoms with van der Waals surface area (Å²) in [5.41, 5.74) is 6.38. The minimum absolute atomic E-state index is 0.0367. The van der Waals surface area contributed by atoms with Gasteiger partial charge in [0.15, 0.2) is 0 Å². The van der Waals surface area contributed by atoms with E-state index in [4.69, 9.17) is 5.73 Å². The molecule has 1 amide bonds. The smallest absolute Gasteiger partial charge is 0.221 e. The zero-order valence-electron chi connectivity index (χ0n) is 11.4. The van der Waals surface area contributed by atoms with Gasteiger partial charge in [0.05, 0.1) is 5.92 Å². The van der Waals surface area contributed by atoms with Crippen molar-refractivity contribution in [2.24, 2.45) is 11.7 Å². The predicted octanol–water partition coefficient (Wildman–Crippen LogP) is 1.06. The summed E-state index contributed by atoms with van der Waals surface area (Å²) in [6, 6.07) is 0.451. The molecule has 0 saturated carbocycles. The summed E-state index contributed by atoms with van der Waals surface area (Å²) in [6.07, 6.45) is 1.89. The molecular weight excluding hydrogens is 262 g/mol. The highest BCUT2D eigenvalue weighted by Crippen LogP contribution is 2.26. The first-order valence-corrected chi connectivity index (χ1v) is 7.47. The van der Waals surface area contributed by atoms with Gasteiger partial charge in [-0.25, -0.2) is 0 Å². The van der Waals surface area contributed by atoms with Gasteiger partial charge in [-0.1, -0.05) is 4.49 Å². The Bertz CT molecular complexity index is 436. The van der Waals surface area contributed by atoms with E-state index in [1.165, 1.54) is 11.5 Å². The SMILES string of the molecule is CCNc1snnc1CN1CC(C(N)=O)CCC1C. The van der Waals surface area contributed by atoms with Crippen LogP contribution in [0.25, 0.3) is 0 Å². The van der Waals surface area contributed by atoms with Crippen LogP contribution in [-0.4, -0.2) is 39.5 Å². The number of rotatable bonds is 5. The third-order valence-corrected chi connectivity index (χ3v) is 4.39. The maximum Gasteiger partial charge on any atom is 0.221 e. The zero-order valence-corrected chi connectivity index (χ0v) is 12.2. The number of primary amides is 1. The number of anilines is 1. The number of likely N-dealkylation sites (tertiary alicyclic amines) is 1. The fourth-order valence-electron chi connectivity index (χ4n) is 2.43. The van der Waals surface area contributed by atoms with Crippen molar-refractivity contribution in [1.29, 1.82) is 0 Å². The fourth-order valence-corrected chi connectivity index (χ4v) is 3.07. The molecule has 1 fully saturated rings. The molecule has 6 nitrogen and oxygen atoms in total. The van der Waals surface area contributed by atoms with Crippen molar-refractivity contribution < 1.29 is 4.79 Å². The Morgan fingerprint density at radius 1 is 1.58 bits per heavy atom. The Morgan fingerprint density at radius 3 is 3.05 bits per heavy atom. The Kier molecular flexibility index (Phi) is 4.71. The fraction of sp³-hybridized carbons (Fsp3) is 0.750. The summed E-state index contributed by atoms with van der Waals surface area (Å²) in [7, 11) is 0. The number of hydrogen-bond donors (Lipinski definition) is 2. The molecular formula is C12H21N5OS. The Hall–Kier alpha value is -1.21. The van der Waals surface area contributed by atoms with E-state index in [0.29, 0.717) is 6.04 Å². The molecule has 19 heavy (non-hydrogen) atoms. The maximum absolute atomic E-state index is 11.3. The van der Waals surface area contributed by atoms with Gasteiger partial charge in [0.1, 0.15) is 10.7 Å². The topological polar surface area (TPSA) is 84.1 Å². The van der Waals surface area contributed by atoms with E-state index in [0.717, 1.165) is 43.2 Å². The van der Waals surface area contributed by atoms with Crippen LogP contribution in [0.15, 0.2) is 0 Å². The average Bonchev–Trinajstić information content (AvgIpc) is 2.80. The Labute approximate surface area is 117 Å². The summed E-state index contributed by atoms with van der Waals surface area (Å²) < 4.78 is 4.00. The molecule has 0 aromatic carbocycles. The van der Waals surface area contributed by atoms with Gasteiger partial charge in [-0.3, -0.25) is 9.69 Å². The minimum atomic E-state index is -0.194. The number of aromatic nitrogens is 2. The molecule has 0 aliphatic carbocycles. The number of hydrogen-bond acceptors (Lipinski definition) is 6. The molecule has 2 atom stereocenters. The summed E-state index contributed by atoms with van der Waals surface area (Å²) in [5, 5.41) is 8.48. The Balaban J connectivity index is 2.03. The van der Waals surface area contributed by atoms with Gasteiger partial charge in [0, 0.05) is 37.2 Å². The van der Waals surface area contributed by atoms with Crippen molar-refractivity contribution >= 4 is 22.4 Å². The lowest BCUT2D eigenvalue weighted by molar-refractivity contribution is -0.124. The van der Waals surface area contributed by atoms with E-state index in [2.05, 4.69) is 33.7 Å². The summed E-state index contributed by atoms with van der Waals surface area (Å²) in [5.74, 6) is -0.231. The van der Waals surface area contributed by atoms with Crippen molar-refractivity contribution in [3.05, 3.63) is 5.69 Å². The lowest BCUT2D eigenvalue weighted by Gasteiger charge is -2.36. The molecule has 0 bridgehead atoms. The highest BCUT2D eigenvalue weighted by molar-refractivity contribution is 7.10. The first-order valence-electron chi connectivity index (χ1n) is 6.70. The van der Waals surface area contributed by atoms with Crippen LogP contribution < -0.4 is 11.1 Å². The molecule has 1 aromatic heterocycles. The number of carbonyl (C=O) groups is 1. The largest absolute Gasteiger partial charge is 0.374 e. The van der Waals surface area contributed by atoms with Crippen LogP contribution in [0.4, 0.5) is 5.00 Å². The van der Waals surface area contributed by atoms with Gasteiger partial charge in [-0.05, 0) is 26.7 Å². The van der Waals surface area contributed by atoms with Crippen LogP contribution in [0.3, 0.4) is 0 Å². The summed E-state index contributed by atoms with van der Waals surface area (Å²) in [4.78, 5) is 13.6. The van der Waals surface area contributed by atoms with Gasteiger partial charge in [-0.2, -0.15) is 0 Å². The van der Waals surface area contributed by atoms with Gasteiger partial charge >= 0.3 is 0 Å². The molecule has 0 radical (unpaired) electrons. The van der Waals surface area contributed by atoms with Crippen molar-refractivity contribution in [1.82, 2.24) is 14.5 Å². The van der Waals surface area contributed by atoms with Crippen LogP contribution in [0.2, 0.25) is 0 Å². The van der Waals surface area contributed by atoms with Gasteiger partial charge in [-0.15, -0.1) is 5.10 Å². The van der Waals surface area contributed by atoms with Crippen molar-refractivity contribution in [2.45, 2.75) is 39.3 Å². The minimum Gasteiger partial charge on any atom is -0.374 e. The lowest BCUT2D eigenvalue weighted by atomic mass is 9.93. The second kappa shape index (κ2) is 6.29. The van der Waals surface area contributed by atoms with E-state index in [1.54, 1.807) is 0 Å². The molecule has 0 spiro atoms. The second-order valence-corrected chi connectivity index (χ2v) is 5.79. The molecule has 3 N–H and O–H groups in total. The van der Waals surface area contributed by atoms with Gasteiger partial charge in [0.2, 0.25) is 5.91 Å². The Morgan fingerprint density at radius 2 is 2.37 bits per heavy atom. The standard InChI is InChI=1S/C12H21N5OS/c1-3-14-12-10(15-16-19-12)7-17-6-9(11(13)18)5-4-8(17)2/h8-9,14H,3-7H2,1-2H3,(H2,13,18). The van der Waals surface area contributed by atoms with E-state index in [9.17, 15) is 4.79 Å². The van der Waals surface area contributed by atoms with E-state index >= 15 is 0 Å². The first-order chi connectivity index (χ1) is 9.11. The molecule has 106 valence electrons. The number of amides is 1. The lowest BCUT2D eigenvalue weighted by Crippen LogP contribution is -2.45. The number of piperidine rings is 1. The van der Waals surface area contributed by atoms with Crippen LogP contribution in [0.5, 0.6) is 0 Å². The van der Waals surface area contributed by atoms with Gasteiger partial charge in [0.25, 0.3) is 0 Å². The van der Waals surface area contributed by atoms with E-state index in [-0.39, 0.29) is 11.8 Å². The van der Waals surface area contributed by atoms with Crippen molar-refractivity contribution in [3.8, 4) is 0 Å². The molecule has 7 heteroatoms. The van der Waals surface area contributed by atoms with Crippen LogP contribution in [0.1, 0.15) is 32.4 Å². The first kappa shape index (κ1) is 14.2. The quantitative estimate of drug-likeness (QED) is 0.844. The molecule has 1 aliphatic heterocycles. The molecule has 2 rings (SSSR count). The zero-order chi connectivity index (χ0) is 13.8. The van der Waals surface area contributed by atoms with Crippen molar-refractivity contribution in [3.63, 3.8) is 0 Å². The third-order valence-electron chi connectivity index (χ3n) is 3.66. The summed E-state index contributed by atoms with van der Waals surface area (Å²) >= 11 is 1.38. The second-order valence-electron chi connectivity index (χ2n) is 5.03. The number of nitrogens with two attached hydrogens (primary N) is 1. The third kappa shape index (κ3) is 3.42. The number of carbonyl (C=O) groups excluding carboxylic acids is 1.